The molecular formula is C51H33N5. The Bertz CT molecular complexity index is 3240. The van der Waals surface area contributed by atoms with Gasteiger partial charge in [0.2, 0.25) is 5.95 Å². The predicted octanol–water partition coefficient (Wildman–Crippen LogP) is 12.7. The Labute approximate surface area is 323 Å². The summed E-state index contributed by atoms with van der Waals surface area (Å²) < 4.78 is 4.61. The van der Waals surface area contributed by atoms with Gasteiger partial charge in [0, 0.05) is 38.4 Å². The van der Waals surface area contributed by atoms with E-state index in [2.05, 4.69) is 185 Å². The maximum absolute atomic E-state index is 5.31. The third kappa shape index (κ3) is 5.21. The Morgan fingerprint density at radius 1 is 0.304 bits per heavy atom. The van der Waals surface area contributed by atoms with Crippen LogP contribution in [0.25, 0.3) is 100 Å². The van der Waals surface area contributed by atoms with Crippen molar-refractivity contribution in [2.45, 2.75) is 0 Å². The molecule has 0 aliphatic carbocycles. The number of fused-ring (bicyclic) bond motifs is 7. The number of aromatic nitrogens is 5. The Morgan fingerprint density at radius 3 is 1.50 bits per heavy atom. The van der Waals surface area contributed by atoms with Crippen LogP contribution in [-0.2, 0) is 0 Å². The molecule has 0 amide bonds. The third-order valence-electron chi connectivity index (χ3n) is 10.8. The summed E-state index contributed by atoms with van der Waals surface area (Å²) in [6.45, 7) is 0. The van der Waals surface area contributed by atoms with Crippen LogP contribution in [0.4, 0.5) is 0 Å². The molecule has 0 radical (unpaired) electrons. The Balaban J connectivity index is 1.16. The zero-order valence-corrected chi connectivity index (χ0v) is 30.3. The van der Waals surface area contributed by atoms with E-state index >= 15 is 0 Å². The molecule has 5 nitrogen and oxygen atoms in total. The predicted molar refractivity (Wildman–Crippen MR) is 230 cm³/mol. The highest BCUT2D eigenvalue weighted by molar-refractivity contribution is 6.26. The molecule has 0 bridgehead atoms. The van der Waals surface area contributed by atoms with Crippen molar-refractivity contribution in [3.05, 3.63) is 200 Å². The minimum Gasteiger partial charge on any atom is -0.309 e. The largest absolute Gasteiger partial charge is 0.309 e. The smallest absolute Gasteiger partial charge is 0.238 e. The number of para-hydroxylation sites is 3. The molecule has 56 heavy (non-hydrogen) atoms. The van der Waals surface area contributed by atoms with Crippen LogP contribution in [0, 0.1) is 0 Å². The summed E-state index contributed by atoms with van der Waals surface area (Å²) in [5.41, 5.74) is 11.9. The van der Waals surface area contributed by atoms with Crippen LogP contribution in [0.3, 0.4) is 0 Å². The lowest BCUT2D eigenvalue weighted by Crippen LogP contribution is -2.06. The van der Waals surface area contributed by atoms with Crippen molar-refractivity contribution in [3.63, 3.8) is 0 Å². The summed E-state index contributed by atoms with van der Waals surface area (Å²) in [6, 6.07) is 70.3. The van der Waals surface area contributed by atoms with Crippen LogP contribution in [0.15, 0.2) is 200 Å². The van der Waals surface area contributed by atoms with Gasteiger partial charge in [-0.15, -0.1) is 0 Å². The van der Waals surface area contributed by atoms with Gasteiger partial charge < -0.3 is 4.57 Å². The molecule has 0 aliphatic rings. The van der Waals surface area contributed by atoms with Crippen LogP contribution in [0.1, 0.15) is 0 Å². The Kier molecular flexibility index (Phi) is 7.42. The fraction of sp³-hybridized carbons (Fsp3) is 0. The zero-order valence-electron chi connectivity index (χ0n) is 30.3. The second kappa shape index (κ2) is 13.0. The van der Waals surface area contributed by atoms with Crippen molar-refractivity contribution in [1.29, 1.82) is 0 Å². The van der Waals surface area contributed by atoms with Crippen molar-refractivity contribution in [2.75, 3.05) is 0 Å². The molecule has 0 saturated carbocycles. The van der Waals surface area contributed by atoms with Crippen LogP contribution < -0.4 is 0 Å². The lowest BCUT2D eigenvalue weighted by molar-refractivity contribution is 0.953. The van der Waals surface area contributed by atoms with E-state index in [4.69, 9.17) is 15.0 Å². The van der Waals surface area contributed by atoms with Gasteiger partial charge in [-0.2, -0.15) is 9.97 Å². The Hall–Kier alpha value is -7.63. The molecule has 11 rings (SSSR count). The minimum absolute atomic E-state index is 0.568. The molecule has 3 heterocycles. The second-order valence-corrected chi connectivity index (χ2v) is 14.1. The molecule has 3 aromatic heterocycles. The van der Waals surface area contributed by atoms with Crippen molar-refractivity contribution >= 4 is 43.6 Å². The number of rotatable bonds is 6. The summed E-state index contributed by atoms with van der Waals surface area (Å²) in [7, 11) is 0. The van der Waals surface area contributed by atoms with E-state index < -0.39 is 0 Å². The van der Waals surface area contributed by atoms with Gasteiger partial charge in [0.1, 0.15) is 0 Å². The van der Waals surface area contributed by atoms with Gasteiger partial charge >= 0.3 is 0 Å². The van der Waals surface area contributed by atoms with Crippen LogP contribution in [0.5, 0.6) is 0 Å². The lowest BCUT2D eigenvalue weighted by atomic mass is 9.98. The molecule has 0 spiro atoms. The molecule has 0 atom stereocenters. The topological polar surface area (TPSA) is 48.5 Å². The van der Waals surface area contributed by atoms with E-state index in [9.17, 15) is 0 Å². The monoisotopic (exact) mass is 715 g/mol. The molecule has 0 unspecified atom stereocenters. The average Bonchev–Trinajstić information content (AvgIpc) is 3.80. The molecule has 0 saturated heterocycles. The van der Waals surface area contributed by atoms with Gasteiger partial charge in [0.05, 0.1) is 22.1 Å². The zero-order chi connectivity index (χ0) is 37.0. The van der Waals surface area contributed by atoms with E-state index in [0.717, 1.165) is 55.3 Å². The third-order valence-corrected chi connectivity index (χ3v) is 10.8. The highest BCUT2D eigenvalue weighted by Crippen LogP contribution is 2.42. The first kappa shape index (κ1) is 31.9. The van der Waals surface area contributed by atoms with Crippen LogP contribution >= 0.6 is 0 Å². The second-order valence-electron chi connectivity index (χ2n) is 14.1. The molecular weight excluding hydrogens is 683 g/mol. The minimum atomic E-state index is 0.568. The fourth-order valence-corrected chi connectivity index (χ4v) is 8.23. The molecule has 5 heteroatoms. The maximum Gasteiger partial charge on any atom is 0.238 e. The lowest BCUT2D eigenvalue weighted by Gasteiger charge is -2.12. The Morgan fingerprint density at radius 2 is 0.804 bits per heavy atom. The first-order valence-electron chi connectivity index (χ1n) is 18.9. The number of hydrogen-bond donors (Lipinski definition) is 0. The van der Waals surface area contributed by atoms with Crippen molar-refractivity contribution in [1.82, 2.24) is 24.1 Å². The van der Waals surface area contributed by atoms with Crippen molar-refractivity contribution in [3.8, 4) is 56.7 Å². The summed E-state index contributed by atoms with van der Waals surface area (Å²) >= 11 is 0. The number of benzene rings is 8. The number of nitrogens with zero attached hydrogens (tertiary/aromatic N) is 5. The van der Waals surface area contributed by atoms with Crippen molar-refractivity contribution in [2.24, 2.45) is 0 Å². The summed E-state index contributed by atoms with van der Waals surface area (Å²) in [5.74, 6) is 1.80. The quantitative estimate of drug-likeness (QED) is 0.172. The normalized spacial score (nSPS) is 11.6. The van der Waals surface area contributed by atoms with Gasteiger partial charge in [0.25, 0.3) is 0 Å². The van der Waals surface area contributed by atoms with Gasteiger partial charge in [-0.1, -0.05) is 158 Å². The van der Waals surface area contributed by atoms with Crippen LogP contribution in [0.2, 0.25) is 0 Å². The highest BCUT2D eigenvalue weighted by atomic mass is 15.2. The maximum atomic E-state index is 5.31. The first-order chi connectivity index (χ1) is 27.8. The van der Waals surface area contributed by atoms with Gasteiger partial charge in [-0.25, -0.2) is 4.98 Å². The van der Waals surface area contributed by atoms with Gasteiger partial charge in [-0.3, -0.25) is 4.57 Å². The van der Waals surface area contributed by atoms with Gasteiger partial charge in [0.15, 0.2) is 11.6 Å². The van der Waals surface area contributed by atoms with E-state index in [0.29, 0.717) is 17.6 Å². The summed E-state index contributed by atoms with van der Waals surface area (Å²) in [5, 5.41) is 4.71. The van der Waals surface area contributed by atoms with Crippen molar-refractivity contribution < 1.29 is 0 Å². The standard InChI is InChI=1S/C51H33N5/c1-4-16-34(17-5-1)36-20-14-21-37(32-36)38-22-15-23-39(33-38)50-52-49(35-18-6-2-7-19-35)53-51(54-50)56-45-29-13-11-27-43(45)47-46(56)31-30-42-41-26-10-12-28-44(41)55(48(42)47)40-24-8-3-9-25-40/h1-33H. The van der Waals surface area contributed by atoms with E-state index in [1.54, 1.807) is 0 Å². The summed E-state index contributed by atoms with van der Waals surface area (Å²) in [4.78, 5) is 15.7. The molecule has 0 aliphatic heterocycles. The molecule has 0 N–H and O–H groups in total. The van der Waals surface area contributed by atoms with E-state index in [-0.39, 0.29) is 0 Å². The number of hydrogen-bond acceptors (Lipinski definition) is 3. The molecule has 0 fully saturated rings. The first-order valence-corrected chi connectivity index (χ1v) is 18.9. The van der Waals surface area contributed by atoms with Gasteiger partial charge in [-0.05, 0) is 64.7 Å². The van der Waals surface area contributed by atoms with E-state index in [1.165, 1.54) is 27.4 Å². The molecule has 8 aromatic carbocycles. The van der Waals surface area contributed by atoms with Crippen LogP contribution in [-0.4, -0.2) is 24.1 Å². The molecule has 11 aromatic rings. The van der Waals surface area contributed by atoms with E-state index in [1.807, 2.05) is 24.3 Å². The summed E-state index contributed by atoms with van der Waals surface area (Å²) in [6.07, 6.45) is 0. The average molecular weight is 716 g/mol. The molecule has 262 valence electrons. The fourth-order valence-electron chi connectivity index (χ4n) is 8.23. The highest BCUT2D eigenvalue weighted by Gasteiger charge is 2.23. The SMILES string of the molecule is c1ccc(-c2cccc(-c3cccc(-c4nc(-c5ccccc5)nc(-n5c6ccccc6c6c5ccc5c7ccccc7n(-c7ccccc7)c56)n4)c3)c2)cc1.